The maximum absolute atomic E-state index is 11.5. The van der Waals surface area contributed by atoms with E-state index in [9.17, 15) is 20.1 Å². The number of amides is 1. The Kier molecular flexibility index (Phi) is 5.11. The van der Waals surface area contributed by atoms with Crippen LogP contribution in [-0.4, -0.2) is 69.4 Å². The normalized spacial score (nSPS) is 35.8. The molecular formula is C11H21NO7. The Balaban J connectivity index is 2.65. The minimum Gasteiger partial charge on any atom is -0.444 e. The number of aliphatic hydroxyl groups is 4. The van der Waals surface area contributed by atoms with Crippen molar-refractivity contribution in [3.63, 3.8) is 0 Å². The molecule has 5 atom stereocenters. The molecule has 1 aliphatic rings. The lowest BCUT2D eigenvalue weighted by Crippen LogP contribution is -2.64. The Morgan fingerprint density at radius 1 is 1.26 bits per heavy atom. The second-order valence-electron chi connectivity index (χ2n) is 5.40. The van der Waals surface area contributed by atoms with E-state index in [1.807, 2.05) is 0 Å². The van der Waals surface area contributed by atoms with Crippen molar-refractivity contribution in [1.29, 1.82) is 0 Å². The Hall–Kier alpha value is -0.930. The summed E-state index contributed by atoms with van der Waals surface area (Å²) >= 11 is 0. The Morgan fingerprint density at radius 2 is 1.84 bits per heavy atom. The van der Waals surface area contributed by atoms with Crippen LogP contribution < -0.4 is 5.32 Å². The molecule has 1 amide bonds. The second kappa shape index (κ2) is 6.02. The third kappa shape index (κ3) is 4.29. The third-order valence-electron chi connectivity index (χ3n) is 2.58. The number of alkyl carbamates (subject to hydrolysis) is 1. The summed E-state index contributed by atoms with van der Waals surface area (Å²) < 4.78 is 9.85. The zero-order chi connectivity index (χ0) is 14.8. The molecule has 1 rings (SSSR count). The van der Waals surface area contributed by atoms with Gasteiger partial charge in [-0.05, 0) is 20.8 Å². The van der Waals surface area contributed by atoms with E-state index >= 15 is 0 Å². The van der Waals surface area contributed by atoms with Crippen molar-refractivity contribution in [3.05, 3.63) is 0 Å². The summed E-state index contributed by atoms with van der Waals surface area (Å²) in [5, 5.41) is 40.2. The fraction of sp³-hybridized carbons (Fsp3) is 0.909. The maximum atomic E-state index is 11.5. The molecule has 3 unspecified atom stereocenters. The van der Waals surface area contributed by atoms with Crippen LogP contribution in [0.15, 0.2) is 0 Å². The van der Waals surface area contributed by atoms with Gasteiger partial charge in [0, 0.05) is 0 Å². The number of carbonyl (C=O) groups is 1. The highest BCUT2D eigenvalue weighted by atomic mass is 16.6. The summed E-state index contributed by atoms with van der Waals surface area (Å²) in [5.41, 5.74) is -0.734. The van der Waals surface area contributed by atoms with Gasteiger partial charge in [0.2, 0.25) is 0 Å². The Labute approximate surface area is 110 Å². The average Bonchev–Trinajstić information content (AvgIpc) is 2.27. The van der Waals surface area contributed by atoms with E-state index in [1.165, 1.54) is 0 Å². The SMILES string of the molecule is CC(C)(C)OC(=O)NC1C(O)OC(CO)[C@H](O)[C@@H]1O. The molecule has 0 aromatic heterocycles. The molecule has 1 heterocycles. The van der Waals surface area contributed by atoms with Crippen LogP contribution in [0.25, 0.3) is 0 Å². The molecular weight excluding hydrogens is 258 g/mol. The monoisotopic (exact) mass is 279 g/mol. The van der Waals surface area contributed by atoms with Crippen LogP contribution in [0.2, 0.25) is 0 Å². The van der Waals surface area contributed by atoms with Crippen molar-refractivity contribution in [2.24, 2.45) is 0 Å². The van der Waals surface area contributed by atoms with Crippen LogP contribution in [0.3, 0.4) is 0 Å². The van der Waals surface area contributed by atoms with E-state index in [0.29, 0.717) is 0 Å². The van der Waals surface area contributed by atoms with Crippen molar-refractivity contribution < 1.29 is 34.7 Å². The van der Waals surface area contributed by atoms with Gasteiger partial charge in [-0.15, -0.1) is 0 Å². The van der Waals surface area contributed by atoms with E-state index in [4.69, 9.17) is 14.6 Å². The third-order valence-corrected chi connectivity index (χ3v) is 2.58. The largest absolute Gasteiger partial charge is 0.444 e. The molecule has 0 bridgehead atoms. The number of carbonyl (C=O) groups excluding carboxylic acids is 1. The van der Waals surface area contributed by atoms with E-state index in [0.717, 1.165) is 0 Å². The standard InChI is InChI=1S/C11H21NO7/c1-11(2,3)19-10(17)12-6-8(15)7(14)5(4-13)18-9(6)16/h5-9,13-16H,4H2,1-3H3,(H,12,17)/t5?,6?,7-,8+,9?/m0/s1. The predicted molar refractivity (Wildman–Crippen MR) is 63.1 cm³/mol. The molecule has 112 valence electrons. The Morgan fingerprint density at radius 3 is 2.32 bits per heavy atom. The van der Waals surface area contributed by atoms with Crippen LogP contribution in [0, 0.1) is 0 Å². The zero-order valence-electron chi connectivity index (χ0n) is 11.1. The molecule has 0 aromatic rings. The van der Waals surface area contributed by atoms with Gasteiger partial charge in [0.1, 0.15) is 30.0 Å². The number of hydrogen-bond acceptors (Lipinski definition) is 7. The second-order valence-corrected chi connectivity index (χ2v) is 5.40. The molecule has 1 saturated heterocycles. The van der Waals surface area contributed by atoms with Gasteiger partial charge in [0.15, 0.2) is 6.29 Å². The molecule has 0 aromatic carbocycles. The fourth-order valence-electron chi connectivity index (χ4n) is 1.70. The van der Waals surface area contributed by atoms with Crippen LogP contribution in [0.4, 0.5) is 4.79 Å². The average molecular weight is 279 g/mol. The van der Waals surface area contributed by atoms with Crippen molar-refractivity contribution in [2.45, 2.75) is 57.0 Å². The first-order chi connectivity index (χ1) is 8.65. The molecule has 5 N–H and O–H groups in total. The molecule has 0 aliphatic carbocycles. The van der Waals surface area contributed by atoms with Crippen molar-refractivity contribution in [1.82, 2.24) is 5.32 Å². The number of hydrogen-bond donors (Lipinski definition) is 5. The summed E-state index contributed by atoms with van der Waals surface area (Å²) in [6.45, 7) is 4.42. The van der Waals surface area contributed by atoms with Gasteiger partial charge in [0.05, 0.1) is 6.61 Å². The molecule has 0 radical (unpaired) electrons. The lowest BCUT2D eigenvalue weighted by molar-refractivity contribution is -0.253. The summed E-state index contributed by atoms with van der Waals surface area (Å²) in [6.07, 6.45) is -6.42. The maximum Gasteiger partial charge on any atom is 0.408 e. The smallest absolute Gasteiger partial charge is 0.408 e. The molecule has 0 spiro atoms. The predicted octanol–water partition coefficient (Wildman–Crippen LogP) is -1.69. The van der Waals surface area contributed by atoms with Crippen molar-refractivity contribution in [2.75, 3.05) is 6.61 Å². The number of rotatable bonds is 2. The van der Waals surface area contributed by atoms with Gasteiger partial charge >= 0.3 is 6.09 Å². The number of ether oxygens (including phenoxy) is 2. The summed E-state index contributed by atoms with van der Waals surface area (Å²) in [7, 11) is 0. The van der Waals surface area contributed by atoms with Crippen LogP contribution in [0.5, 0.6) is 0 Å². The van der Waals surface area contributed by atoms with Gasteiger partial charge < -0.3 is 35.2 Å². The minimum atomic E-state index is -1.55. The summed E-state index contributed by atoms with van der Waals surface area (Å²) in [4.78, 5) is 11.5. The van der Waals surface area contributed by atoms with Gasteiger partial charge in [-0.1, -0.05) is 0 Å². The summed E-state index contributed by atoms with van der Waals surface area (Å²) in [5.74, 6) is 0. The highest BCUT2D eigenvalue weighted by Gasteiger charge is 2.44. The minimum absolute atomic E-state index is 0.561. The van der Waals surface area contributed by atoms with E-state index in [2.05, 4.69) is 5.32 Å². The van der Waals surface area contributed by atoms with Crippen molar-refractivity contribution >= 4 is 6.09 Å². The Bertz CT molecular complexity index is 317. The van der Waals surface area contributed by atoms with Crippen molar-refractivity contribution in [3.8, 4) is 0 Å². The summed E-state index contributed by atoms with van der Waals surface area (Å²) in [6, 6.07) is -1.24. The lowest BCUT2D eigenvalue weighted by Gasteiger charge is -2.40. The van der Waals surface area contributed by atoms with E-state index < -0.39 is 48.9 Å². The highest BCUT2D eigenvalue weighted by Crippen LogP contribution is 2.20. The molecule has 1 fully saturated rings. The fourth-order valence-corrected chi connectivity index (χ4v) is 1.70. The first-order valence-electron chi connectivity index (χ1n) is 5.95. The van der Waals surface area contributed by atoms with Crippen LogP contribution in [-0.2, 0) is 9.47 Å². The van der Waals surface area contributed by atoms with Gasteiger partial charge in [-0.2, -0.15) is 0 Å². The first-order valence-corrected chi connectivity index (χ1v) is 5.95. The molecule has 0 saturated carbocycles. The molecule has 1 aliphatic heterocycles. The number of nitrogens with one attached hydrogen (secondary N) is 1. The molecule has 8 heteroatoms. The molecule has 8 nitrogen and oxygen atoms in total. The lowest BCUT2D eigenvalue weighted by atomic mass is 9.97. The van der Waals surface area contributed by atoms with Crippen LogP contribution in [0.1, 0.15) is 20.8 Å². The van der Waals surface area contributed by atoms with Gasteiger partial charge in [0.25, 0.3) is 0 Å². The number of aliphatic hydroxyl groups excluding tert-OH is 4. The van der Waals surface area contributed by atoms with Gasteiger partial charge in [-0.3, -0.25) is 0 Å². The van der Waals surface area contributed by atoms with E-state index in [1.54, 1.807) is 20.8 Å². The van der Waals surface area contributed by atoms with Gasteiger partial charge in [-0.25, -0.2) is 4.79 Å². The topological polar surface area (TPSA) is 128 Å². The molecule has 19 heavy (non-hydrogen) atoms. The van der Waals surface area contributed by atoms with Crippen LogP contribution >= 0.6 is 0 Å². The van der Waals surface area contributed by atoms with E-state index in [-0.39, 0.29) is 0 Å². The first kappa shape index (κ1) is 16.1. The zero-order valence-corrected chi connectivity index (χ0v) is 11.1. The quantitative estimate of drug-likeness (QED) is 0.408. The highest BCUT2D eigenvalue weighted by molar-refractivity contribution is 5.68.